The second-order valence-corrected chi connectivity index (χ2v) is 7.67. The SMILES string of the molecule is Cc1nc(C(=O)Nc2cccc(CO[C@@H]3CCC[C@H](C)C3)c2)cs1. The third-order valence-electron chi connectivity index (χ3n) is 4.41. The summed E-state index contributed by atoms with van der Waals surface area (Å²) in [5.74, 6) is 0.592. The molecular weight excluding hydrogens is 320 g/mol. The molecule has 1 fully saturated rings. The van der Waals surface area contributed by atoms with Gasteiger partial charge in [0.25, 0.3) is 5.91 Å². The van der Waals surface area contributed by atoms with Crippen LogP contribution in [-0.4, -0.2) is 17.0 Å². The van der Waals surface area contributed by atoms with Crippen molar-refractivity contribution in [3.63, 3.8) is 0 Å². The molecule has 1 amide bonds. The molecule has 3 rings (SSSR count). The van der Waals surface area contributed by atoms with Crippen molar-refractivity contribution >= 4 is 22.9 Å². The number of benzene rings is 1. The molecule has 1 N–H and O–H groups in total. The number of amides is 1. The molecule has 1 aliphatic rings. The highest BCUT2D eigenvalue weighted by molar-refractivity contribution is 7.09. The van der Waals surface area contributed by atoms with Crippen molar-refractivity contribution < 1.29 is 9.53 Å². The van der Waals surface area contributed by atoms with Gasteiger partial charge in [-0.05, 0) is 43.4 Å². The van der Waals surface area contributed by atoms with Crippen LogP contribution < -0.4 is 5.32 Å². The van der Waals surface area contributed by atoms with Crippen LogP contribution in [0.1, 0.15) is 53.7 Å². The molecule has 0 unspecified atom stereocenters. The van der Waals surface area contributed by atoms with Gasteiger partial charge in [0.2, 0.25) is 0 Å². The summed E-state index contributed by atoms with van der Waals surface area (Å²) in [6, 6.07) is 7.85. The minimum absolute atomic E-state index is 0.168. The molecule has 0 bridgehead atoms. The quantitative estimate of drug-likeness (QED) is 0.847. The summed E-state index contributed by atoms with van der Waals surface area (Å²) in [6.07, 6.45) is 5.25. The number of rotatable bonds is 5. The molecule has 5 heteroatoms. The number of hydrogen-bond acceptors (Lipinski definition) is 4. The second-order valence-electron chi connectivity index (χ2n) is 6.61. The van der Waals surface area contributed by atoms with E-state index in [2.05, 4.69) is 17.2 Å². The Kier molecular flexibility index (Phi) is 5.63. The fourth-order valence-corrected chi connectivity index (χ4v) is 3.74. The summed E-state index contributed by atoms with van der Waals surface area (Å²) in [6.45, 7) is 4.79. The molecule has 2 atom stereocenters. The maximum Gasteiger partial charge on any atom is 0.275 e. The van der Waals surface area contributed by atoms with Gasteiger partial charge in [0.05, 0.1) is 17.7 Å². The molecule has 1 aromatic heterocycles. The first-order chi connectivity index (χ1) is 11.6. The van der Waals surface area contributed by atoms with Crippen LogP contribution >= 0.6 is 11.3 Å². The van der Waals surface area contributed by atoms with Crippen molar-refractivity contribution in [1.82, 2.24) is 4.98 Å². The van der Waals surface area contributed by atoms with E-state index in [-0.39, 0.29) is 5.91 Å². The van der Waals surface area contributed by atoms with Crippen molar-refractivity contribution in [2.45, 2.75) is 52.2 Å². The lowest BCUT2D eigenvalue weighted by Gasteiger charge is -2.26. The van der Waals surface area contributed by atoms with E-state index in [1.165, 1.54) is 24.2 Å². The van der Waals surface area contributed by atoms with Gasteiger partial charge in [0.1, 0.15) is 5.69 Å². The molecule has 0 aliphatic heterocycles. The maximum atomic E-state index is 12.2. The lowest BCUT2D eigenvalue weighted by atomic mass is 9.89. The third-order valence-corrected chi connectivity index (χ3v) is 5.18. The van der Waals surface area contributed by atoms with E-state index in [1.54, 1.807) is 5.38 Å². The van der Waals surface area contributed by atoms with Gasteiger partial charge in [-0.3, -0.25) is 4.79 Å². The van der Waals surface area contributed by atoms with Gasteiger partial charge in [0, 0.05) is 11.1 Å². The van der Waals surface area contributed by atoms with Crippen LogP contribution in [0.15, 0.2) is 29.6 Å². The van der Waals surface area contributed by atoms with Gasteiger partial charge >= 0.3 is 0 Å². The predicted molar refractivity (Wildman–Crippen MR) is 97.5 cm³/mol. The smallest absolute Gasteiger partial charge is 0.275 e. The average molecular weight is 344 g/mol. The molecule has 1 saturated carbocycles. The number of aromatic nitrogens is 1. The lowest BCUT2D eigenvalue weighted by Crippen LogP contribution is -2.21. The molecule has 1 aromatic carbocycles. The highest BCUT2D eigenvalue weighted by atomic mass is 32.1. The van der Waals surface area contributed by atoms with E-state index < -0.39 is 0 Å². The van der Waals surface area contributed by atoms with Crippen LogP contribution in [0, 0.1) is 12.8 Å². The van der Waals surface area contributed by atoms with Gasteiger partial charge in [-0.15, -0.1) is 11.3 Å². The summed E-state index contributed by atoms with van der Waals surface area (Å²) in [4.78, 5) is 16.4. The van der Waals surface area contributed by atoms with E-state index in [0.717, 1.165) is 35.0 Å². The van der Waals surface area contributed by atoms with Crippen molar-refractivity contribution in [2.24, 2.45) is 5.92 Å². The fraction of sp³-hybridized carbons (Fsp3) is 0.474. The normalized spacial score (nSPS) is 20.8. The van der Waals surface area contributed by atoms with Crippen molar-refractivity contribution in [3.8, 4) is 0 Å². The Morgan fingerprint density at radius 2 is 2.29 bits per heavy atom. The molecule has 0 spiro atoms. The summed E-state index contributed by atoms with van der Waals surface area (Å²) < 4.78 is 6.06. The number of hydrogen-bond donors (Lipinski definition) is 1. The standard InChI is InChI=1S/C19H24N2O2S/c1-13-5-3-8-17(9-13)23-11-15-6-4-7-16(10-15)21-19(22)18-12-24-14(2)20-18/h4,6-7,10,12-13,17H,3,5,8-9,11H2,1-2H3,(H,21,22)/t13-,17+/m0/s1. The number of anilines is 1. The average Bonchev–Trinajstić information content (AvgIpc) is 3.00. The van der Waals surface area contributed by atoms with Crippen LogP contribution in [-0.2, 0) is 11.3 Å². The Morgan fingerprint density at radius 3 is 3.04 bits per heavy atom. The van der Waals surface area contributed by atoms with Gasteiger partial charge in [-0.1, -0.05) is 31.9 Å². The number of carbonyl (C=O) groups is 1. The highest BCUT2D eigenvalue weighted by Gasteiger charge is 2.19. The molecule has 1 aliphatic carbocycles. The fourth-order valence-electron chi connectivity index (χ4n) is 3.15. The van der Waals surface area contributed by atoms with Gasteiger partial charge < -0.3 is 10.1 Å². The second kappa shape index (κ2) is 7.90. The van der Waals surface area contributed by atoms with Crippen LogP contribution in [0.3, 0.4) is 0 Å². The predicted octanol–water partition coefficient (Wildman–Crippen LogP) is 4.80. The summed E-state index contributed by atoms with van der Waals surface area (Å²) in [7, 11) is 0. The first kappa shape index (κ1) is 17.1. The molecule has 2 aromatic rings. The monoisotopic (exact) mass is 344 g/mol. The minimum atomic E-state index is -0.168. The number of carbonyl (C=O) groups excluding carboxylic acids is 1. The number of aryl methyl sites for hydroxylation is 1. The summed E-state index contributed by atoms with van der Waals surface area (Å²) >= 11 is 1.48. The first-order valence-corrected chi connectivity index (χ1v) is 9.42. The highest BCUT2D eigenvalue weighted by Crippen LogP contribution is 2.26. The molecule has 0 radical (unpaired) electrons. The van der Waals surface area contributed by atoms with E-state index in [0.29, 0.717) is 18.4 Å². The van der Waals surface area contributed by atoms with Crippen LogP contribution in [0.5, 0.6) is 0 Å². The van der Waals surface area contributed by atoms with E-state index in [4.69, 9.17) is 4.74 Å². The Hall–Kier alpha value is -1.72. The Bertz CT molecular complexity index is 698. The Balaban J connectivity index is 1.56. The minimum Gasteiger partial charge on any atom is -0.374 e. The maximum absolute atomic E-state index is 12.2. The number of thiazole rings is 1. The molecule has 128 valence electrons. The molecule has 4 nitrogen and oxygen atoms in total. The third kappa shape index (κ3) is 4.65. The van der Waals surface area contributed by atoms with Crippen molar-refractivity contribution in [3.05, 3.63) is 45.9 Å². The number of ether oxygens (including phenoxy) is 1. The molecule has 0 saturated heterocycles. The van der Waals surface area contributed by atoms with Crippen LogP contribution in [0.2, 0.25) is 0 Å². The first-order valence-electron chi connectivity index (χ1n) is 8.54. The molecular formula is C19H24N2O2S. The van der Waals surface area contributed by atoms with Crippen LogP contribution in [0.4, 0.5) is 5.69 Å². The Labute approximate surface area is 147 Å². The number of nitrogens with zero attached hydrogens (tertiary/aromatic N) is 1. The van der Waals surface area contributed by atoms with Crippen molar-refractivity contribution in [2.75, 3.05) is 5.32 Å². The van der Waals surface area contributed by atoms with Gasteiger partial charge in [0.15, 0.2) is 0 Å². The Morgan fingerprint density at radius 1 is 1.42 bits per heavy atom. The topological polar surface area (TPSA) is 51.2 Å². The van der Waals surface area contributed by atoms with E-state index in [1.807, 2.05) is 31.2 Å². The van der Waals surface area contributed by atoms with Crippen molar-refractivity contribution in [1.29, 1.82) is 0 Å². The van der Waals surface area contributed by atoms with Gasteiger partial charge in [-0.25, -0.2) is 4.98 Å². The summed E-state index contributed by atoms with van der Waals surface area (Å²) in [5, 5.41) is 5.58. The largest absolute Gasteiger partial charge is 0.374 e. The molecule has 1 heterocycles. The zero-order valence-corrected chi connectivity index (χ0v) is 15.1. The van der Waals surface area contributed by atoms with E-state index >= 15 is 0 Å². The summed E-state index contributed by atoms with van der Waals surface area (Å²) in [5.41, 5.74) is 2.33. The molecule has 24 heavy (non-hydrogen) atoms. The van der Waals surface area contributed by atoms with Gasteiger partial charge in [-0.2, -0.15) is 0 Å². The number of nitrogens with one attached hydrogen (secondary N) is 1. The van der Waals surface area contributed by atoms with E-state index in [9.17, 15) is 4.79 Å². The van der Waals surface area contributed by atoms with Crippen LogP contribution in [0.25, 0.3) is 0 Å². The lowest BCUT2D eigenvalue weighted by molar-refractivity contribution is 0.00468. The zero-order valence-electron chi connectivity index (χ0n) is 14.2. The zero-order chi connectivity index (χ0) is 16.9.